The van der Waals surface area contributed by atoms with Crippen LogP contribution >= 0.6 is 0 Å². The van der Waals surface area contributed by atoms with Crippen LogP contribution in [0.4, 0.5) is 4.79 Å². The van der Waals surface area contributed by atoms with Gasteiger partial charge in [-0.3, -0.25) is 29.4 Å². The summed E-state index contributed by atoms with van der Waals surface area (Å²) >= 11 is 0. The summed E-state index contributed by atoms with van der Waals surface area (Å²) in [4.78, 5) is 52.8. The molecule has 3 aliphatic rings. The molecule has 1 spiro atoms. The van der Waals surface area contributed by atoms with Crippen LogP contribution in [0.25, 0.3) is 0 Å². The molecule has 1 aliphatic carbocycles. The van der Waals surface area contributed by atoms with Gasteiger partial charge in [0.05, 0.1) is 6.61 Å². The maximum absolute atomic E-state index is 13.1. The Bertz CT molecular complexity index is 1140. The summed E-state index contributed by atoms with van der Waals surface area (Å²) in [6.45, 7) is 5.03. The molecule has 2 aliphatic heterocycles. The number of aromatic nitrogens is 2. The molecule has 34 heavy (non-hydrogen) atoms. The Labute approximate surface area is 196 Å². The van der Waals surface area contributed by atoms with Gasteiger partial charge < -0.3 is 20.5 Å². The van der Waals surface area contributed by atoms with Crippen molar-refractivity contribution >= 4 is 17.8 Å². The van der Waals surface area contributed by atoms with Gasteiger partial charge in [0.25, 0.3) is 11.5 Å². The average molecular weight is 477 g/mol. The standard InChI is InChI=1S/C22H32N6O6/c1-3-9-26-16(29)14(15(23)24)17(30)28(20(26)33)13-4-6-21(2,7-5-13)11-27-19(32)25-18(31)22(27)8-10-34-12-22/h13,29H,3-12H2,1-2H3,(H3,23,24)(H,25,31,32)/t13?,21?,22-/m1/s1. The first-order valence-corrected chi connectivity index (χ1v) is 11.7. The van der Waals surface area contributed by atoms with Crippen LogP contribution in [0.5, 0.6) is 5.88 Å². The first-order valence-electron chi connectivity index (χ1n) is 11.7. The van der Waals surface area contributed by atoms with Crippen LogP contribution in [0.3, 0.4) is 0 Å². The zero-order valence-corrected chi connectivity index (χ0v) is 19.6. The number of carbonyl (C=O) groups excluding carboxylic acids is 2. The Balaban J connectivity index is 1.59. The SMILES string of the molecule is CCCn1c(O)c(C(=N)N)c(=O)n(C2CCC(C)(CN3C(=O)NC(=O)[C@]34CCOC4)CC2)c1=O. The third kappa shape index (κ3) is 3.69. The third-order valence-electron chi connectivity index (χ3n) is 7.54. The van der Waals surface area contributed by atoms with E-state index < -0.39 is 40.6 Å². The second-order valence-electron chi connectivity index (χ2n) is 9.94. The number of imide groups is 1. The largest absolute Gasteiger partial charge is 0.494 e. The molecule has 2 saturated heterocycles. The zero-order valence-electron chi connectivity index (χ0n) is 19.6. The molecule has 12 nitrogen and oxygen atoms in total. The van der Waals surface area contributed by atoms with E-state index in [4.69, 9.17) is 15.9 Å². The Hall–Kier alpha value is -3.15. The molecular formula is C22H32N6O6. The van der Waals surface area contributed by atoms with Gasteiger partial charge in [-0.1, -0.05) is 13.8 Å². The predicted octanol–water partition coefficient (Wildman–Crippen LogP) is 0.242. The molecular weight excluding hydrogens is 444 g/mol. The molecule has 3 amide bonds. The molecule has 0 unspecified atom stereocenters. The lowest BCUT2D eigenvalue weighted by atomic mass is 9.73. The molecule has 3 fully saturated rings. The number of hydrogen-bond acceptors (Lipinski definition) is 7. The quantitative estimate of drug-likeness (QED) is 0.258. The fourth-order valence-corrected chi connectivity index (χ4v) is 5.51. The lowest BCUT2D eigenvalue weighted by Gasteiger charge is -2.42. The molecule has 4 rings (SSSR count). The van der Waals surface area contributed by atoms with Gasteiger partial charge in [-0.05, 0) is 37.5 Å². The number of rotatable bonds is 6. The Morgan fingerprint density at radius 1 is 1.24 bits per heavy atom. The van der Waals surface area contributed by atoms with Crippen LogP contribution < -0.4 is 22.3 Å². The summed E-state index contributed by atoms with van der Waals surface area (Å²) in [5.41, 5.74) is 2.53. The smallest absolute Gasteiger partial charge is 0.334 e. The Morgan fingerprint density at radius 2 is 1.91 bits per heavy atom. The van der Waals surface area contributed by atoms with Crippen molar-refractivity contribution in [2.45, 2.75) is 70.5 Å². The number of nitrogens with zero attached hydrogens (tertiary/aromatic N) is 3. The van der Waals surface area contributed by atoms with E-state index in [2.05, 4.69) is 5.32 Å². The molecule has 1 saturated carbocycles. The van der Waals surface area contributed by atoms with Gasteiger partial charge >= 0.3 is 11.7 Å². The van der Waals surface area contributed by atoms with Gasteiger partial charge in [-0.15, -0.1) is 0 Å². The van der Waals surface area contributed by atoms with Crippen LogP contribution in [-0.2, 0) is 16.1 Å². The number of aromatic hydroxyl groups is 1. The van der Waals surface area contributed by atoms with Gasteiger partial charge in [-0.25, -0.2) is 9.59 Å². The number of nitrogens with one attached hydrogen (secondary N) is 2. The minimum Gasteiger partial charge on any atom is -0.494 e. The summed E-state index contributed by atoms with van der Waals surface area (Å²) in [5, 5.41) is 20.6. The second kappa shape index (κ2) is 8.57. The van der Waals surface area contributed by atoms with Crippen molar-refractivity contribution in [3.63, 3.8) is 0 Å². The fraction of sp³-hybridized carbons (Fsp3) is 0.682. The minimum atomic E-state index is -0.963. The first kappa shape index (κ1) is 24.0. The summed E-state index contributed by atoms with van der Waals surface area (Å²) in [7, 11) is 0. The van der Waals surface area contributed by atoms with Crippen molar-refractivity contribution in [1.82, 2.24) is 19.4 Å². The van der Waals surface area contributed by atoms with E-state index >= 15 is 0 Å². The van der Waals surface area contributed by atoms with E-state index in [1.165, 1.54) is 0 Å². The van der Waals surface area contributed by atoms with Crippen LogP contribution in [0, 0.1) is 10.8 Å². The van der Waals surface area contributed by atoms with E-state index in [0.717, 1.165) is 9.13 Å². The number of ether oxygens (including phenoxy) is 1. The highest BCUT2D eigenvalue weighted by atomic mass is 16.5. The second-order valence-corrected chi connectivity index (χ2v) is 9.94. The molecule has 12 heteroatoms. The minimum absolute atomic E-state index is 0.178. The molecule has 186 valence electrons. The summed E-state index contributed by atoms with van der Waals surface area (Å²) < 4.78 is 7.66. The number of nitrogen functional groups attached to an aromatic ring is 1. The molecule has 1 aromatic heterocycles. The monoisotopic (exact) mass is 476 g/mol. The number of carbonyl (C=O) groups is 2. The third-order valence-corrected chi connectivity index (χ3v) is 7.54. The fourth-order valence-electron chi connectivity index (χ4n) is 5.51. The number of amides is 3. The van der Waals surface area contributed by atoms with Crippen molar-refractivity contribution < 1.29 is 19.4 Å². The van der Waals surface area contributed by atoms with E-state index in [9.17, 15) is 24.3 Å². The highest BCUT2D eigenvalue weighted by Gasteiger charge is 2.56. The molecule has 5 N–H and O–H groups in total. The maximum atomic E-state index is 13.1. The van der Waals surface area contributed by atoms with Gasteiger partial charge in [0, 0.05) is 32.2 Å². The zero-order chi connectivity index (χ0) is 24.8. The molecule has 1 atom stereocenters. The van der Waals surface area contributed by atoms with Crippen molar-refractivity contribution in [1.29, 1.82) is 5.41 Å². The van der Waals surface area contributed by atoms with Gasteiger partial charge in [0.1, 0.15) is 16.9 Å². The predicted molar refractivity (Wildman–Crippen MR) is 122 cm³/mol. The molecule has 1 aromatic rings. The van der Waals surface area contributed by atoms with Crippen molar-refractivity contribution in [2.75, 3.05) is 19.8 Å². The first-order chi connectivity index (χ1) is 16.0. The Kier molecular flexibility index (Phi) is 6.05. The summed E-state index contributed by atoms with van der Waals surface area (Å²) in [6, 6.07) is -0.838. The number of amidine groups is 1. The van der Waals surface area contributed by atoms with Gasteiger partial charge in [0.2, 0.25) is 5.88 Å². The number of nitrogens with two attached hydrogens (primary N) is 1. The van der Waals surface area contributed by atoms with Gasteiger partial charge in [-0.2, -0.15) is 0 Å². The lowest BCUT2D eigenvalue weighted by Crippen LogP contribution is -2.54. The Morgan fingerprint density at radius 3 is 2.47 bits per heavy atom. The lowest BCUT2D eigenvalue weighted by molar-refractivity contribution is -0.127. The van der Waals surface area contributed by atoms with E-state index in [-0.39, 0.29) is 30.0 Å². The summed E-state index contributed by atoms with van der Waals surface area (Å²) in [5.74, 6) is -1.48. The van der Waals surface area contributed by atoms with Crippen molar-refractivity contribution in [2.24, 2.45) is 11.1 Å². The summed E-state index contributed by atoms with van der Waals surface area (Å²) in [6.07, 6.45) is 3.22. The number of hydrogen-bond donors (Lipinski definition) is 4. The van der Waals surface area contributed by atoms with E-state index in [1.54, 1.807) is 4.90 Å². The highest BCUT2D eigenvalue weighted by molar-refractivity contribution is 6.07. The average Bonchev–Trinajstić information content (AvgIpc) is 3.34. The normalized spacial score (nSPS) is 29.1. The van der Waals surface area contributed by atoms with Gasteiger partial charge in [0.15, 0.2) is 0 Å². The molecule has 3 heterocycles. The van der Waals surface area contributed by atoms with Crippen LogP contribution in [0.2, 0.25) is 0 Å². The van der Waals surface area contributed by atoms with Crippen molar-refractivity contribution in [3.05, 3.63) is 26.4 Å². The maximum Gasteiger partial charge on any atom is 0.334 e. The highest BCUT2D eigenvalue weighted by Crippen LogP contribution is 2.43. The number of urea groups is 1. The van der Waals surface area contributed by atoms with Crippen LogP contribution in [0.1, 0.15) is 64.0 Å². The molecule has 0 radical (unpaired) electrons. The van der Waals surface area contributed by atoms with Crippen LogP contribution in [-0.4, -0.2) is 62.2 Å². The van der Waals surface area contributed by atoms with E-state index in [1.807, 2.05) is 13.8 Å². The topological polar surface area (TPSA) is 173 Å². The van der Waals surface area contributed by atoms with Crippen LogP contribution in [0.15, 0.2) is 9.59 Å². The molecule has 0 bridgehead atoms. The molecule has 0 aromatic carbocycles. The van der Waals surface area contributed by atoms with E-state index in [0.29, 0.717) is 51.7 Å². The van der Waals surface area contributed by atoms with Crippen molar-refractivity contribution in [3.8, 4) is 5.88 Å².